The van der Waals surface area contributed by atoms with Gasteiger partial charge in [0.25, 0.3) is 0 Å². The Hall–Kier alpha value is -0.120. The summed E-state index contributed by atoms with van der Waals surface area (Å²) in [5.41, 5.74) is 4.82. The van der Waals surface area contributed by atoms with Crippen LogP contribution in [0.2, 0.25) is 0 Å². The van der Waals surface area contributed by atoms with E-state index in [1.165, 1.54) is 25.7 Å². The summed E-state index contributed by atoms with van der Waals surface area (Å²) < 4.78 is 0. The van der Waals surface area contributed by atoms with Gasteiger partial charge in [0.05, 0.1) is 5.60 Å². The highest BCUT2D eigenvalue weighted by Gasteiger charge is 2.24. The highest BCUT2D eigenvalue weighted by molar-refractivity contribution is 4.80. The summed E-state index contributed by atoms with van der Waals surface area (Å²) in [6.07, 6.45) is 6.08. The predicted octanol–water partition coefficient (Wildman–Crippen LogP) is 1.60. The van der Waals surface area contributed by atoms with Crippen molar-refractivity contribution in [3.8, 4) is 0 Å². The largest absolute Gasteiger partial charge is 0.389 e. The van der Waals surface area contributed by atoms with Crippen LogP contribution in [0.1, 0.15) is 46.0 Å². The third kappa shape index (κ3) is 4.40. The first-order valence-electron chi connectivity index (χ1n) is 6.57. The van der Waals surface area contributed by atoms with Gasteiger partial charge in [-0.15, -0.1) is 0 Å². The minimum Gasteiger partial charge on any atom is -0.389 e. The van der Waals surface area contributed by atoms with Crippen molar-refractivity contribution < 1.29 is 5.11 Å². The molecule has 16 heavy (non-hydrogen) atoms. The average molecular weight is 228 g/mol. The van der Waals surface area contributed by atoms with Crippen molar-refractivity contribution in [3.05, 3.63) is 0 Å². The monoisotopic (exact) mass is 228 g/mol. The molecule has 3 nitrogen and oxygen atoms in total. The average Bonchev–Trinajstić information content (AvgIpc) is 2.27. The molecular formula is C13H28N2O. The first kappa shape index (κ1) is 13.9. The lowest BCUT2D eigenvalue weighted by Gasteiger charge is -2.35. The van der Waals surface area contributed by atoms with Crippen LogP contribution in [0.25, 0.3) is 0 Å². The molecular weight excluding hydrogens is 200 g/mol. The summed E-state index contributed by atoms with van der Waals surface area (Å²) in [4.78, 5) is 2.40. The number of hydrogen-bond donors (Lipinski definition) is 2. The van der Waals surface area contributed by atoms with E-state index in [1.54, 1.807) is 0 Å². The number of rotatable bonds is 5. The molecule has 96 valence electrons. The standard InChI is InChI=1S/C13H28N2O/c1-11-4-6-12(7-5-11)15(3)9-8-13(2,16)10-14/h11-12,16H,4-10,14H2,1-3H3. The highest BCUT2D eigenvalue weighted by atomic mass is 16.3. The number of hydrogen-bond acceptors (Lipinski definition) is 3. The summed E-state index contributed by atoms with van der Waals surface area (Å²) in [6, 6.07) is 0.713. The van der Waals surface area contributed by atoms with E-state index >= 15 is 0 Å². The minimum atomic E-state index is -0.698. The highest BCUT2D eigenvalue weighted by Crippen LogP contribution is 2.26. The van der Waals surface area contributed by atoms with Crippen molar-refractivity contribution in [3.63, 3.8) is 0 Å². The molecule has 1 aliphatic rings. The van der Waals surface area contributed by atoms with Gasteiger partial charge in [-0.2, -0.15) is 0 Å². The van der Waals surface area contributed by atoms with Crippen LogP contribution in [0.4, 0.5) is 0 Å². The van der Waals surface area contributed by atoms with Crippen LogP contribution in [0.3, 0.4) is 0 Å². The van der Waals surface area contributed by atoms with Crippen molar-refractivity contribution in [2.24, 2.45) is 11.7 Å². The summed E-state index contributed by atoms with van der Waals surface area (Å²) in [5.74, 6) is 0.900. The predicted molar refractivity (Wildman–Crippen MR) is 68.3 cm³/mol. The summed E-state index contributed by atoms with van der Waals surface area (Å²) in [7, 11) is 2.17. The van der Waals surface area contributed by atoms with Gasteiger partial charge < -0.3 is 15.7 Å². The molecule has 1 saturated carbocycles. The van der Waals surface area contributed by atoms with E-state index in [1.807, 2.05) is 6.92 Å². The molecule has 0 heterocycles. The second-order valence-corrected chi connectivity index (χ2v) is 5.85. The maximum Gasteiger partial charge on any atom is 0.0753 e. The lowest BCUT2D eigenvalue weighted by molar-refractivity contribution is 0.0421. The van der Waals surface area contributed by atoms with Crippen LogP contribution in [0.15, 0.2) is 0 Å². The van der Waals surface area contributed by atoms with Crippen molar-refractivity contribution in [2.45, 2.75) is 57.6 Å². The maximum atomic E-state index is 9.86. The summed E-state index contributed by atoms with van der Waals surface area (Å²) in [6.45, 7) is 5.46. The van der Waals surface area contributed by atoms with Crippen LogP contribution in [0, 0.1) is 5.92 Å². The molecule has 0 radical (unpaired) electrons. The Balaban J connectivity index is 2.27. The van der Waals surface area contributed by atoms with Crippen molar-refractivity contribution in [2.75, 3.05) is 20.1 Å². The van der Waals surface area contributed by atoms with Crippen LogP contribution in [-0.2, 0) is 0 Å². The van der Waals surface area contributed by atoms with Crippen LogP contribution in [-0.4, -0.2) is 41.8 Å². The van der Waals surface area contributed by atoms with E-state index in [-0.39, 0.29) is 0 Å². The molecule has 3 heteroatoms. The molecule has 0 bridgehead atoms. The summed E-state index contributed by atoms with van der Waals surface area (Å²) in [5, 5.41) is 9.86. The first-order valence-corrected chi connectivity index (χ1v) is 6.57. The van der Waals surface area contributed by atoms with Gasteiger partial charge >= 0.3 is 0 Å². The fourth-order valence-electron chi connectivity index (χ4n) is 2.39. The lowest BCUT2D eigenvalue weighted by atomic mass is 9.86. The SMILES string of the molecule is CC1CCC(N(C)CCC(C)(O)CN)CC1. The number of nitrogens with two attached hydrogens (primary N) is 1. The minimum absolute atomic E-state index is 0.350. The molecule has 0 aliphatic heterocycles. The second-order valence-electron chi connectivity index (χ2n) is 5.85. The van der Waals surface area contributed by atoms with Crippen molar-refractivity contribution >= 4 is 0 Å². The Labute approximate surface area is 100 Å². The van der Waals surface area contributed by atoms with E-state index in [2.05, 4.69) is 18.9 Å². The molecule has 0 aromatic heterocycles. The Morgan fingerprint density at radius 1 is 1.31 bits per heavy atom. The Morgan fingerprint density at radius 2 is 1.88 bits per heavy atom. The van der Waals surface area contributed by atoms with Crippen LogP contribution in [0.5, 0.6) is 0 Å². The fourth-order valence-corrected chi connectivity index (χ4v) is 2.39. The van der Waals surface area contributed by atoms with Crippen LogP contribution >= 0.6 is 0 Å². The number of nitrogens with zero attached hydrogens (tertiary/aromatic N) is 1. The molecule has 1 atom stereocenters. The van der Waals surface area contributed by atoms with E-state index in [4.69, 9.17) is 5.73 Å². The Bertz CT molecular complexity index is 198. The fraction of sp³-hybridized carbons (Fsp3) is 1.00. The maximum absolute atomic E-state index is 9.86. The van der Waals surface area contributed by atoms with Gasteiger partial charge in [-0.3, -0.25) is 0 Å². The molecule has 1 rings (SSSR count). The molecule has 0 saturated heterocycles. The molecule has 1 unspecified atom stereocenters. The molecule has 0 amide bonds. The molecule has 3 N–H and O–H groups in total. The van der Waals surface area contributed by atoms with E-state index in [0.29, 0.717) is 12.6 Å². The van der Waals surface area contributed by atoms with Crippen molar-refractivity contribution in [1.82, 2.24) is 4.90 Å². The smallest absolute Gasteiger partial charge is 0.0753 e. The molecule has 0 aromatic rings. The van der Waals surface area contributed by atoms with Gasteiger partial charge in [0, 0.05) is 19.1 Å². The van der Waals surface area contributed by atoms with Gasteiger partial charge in [-0.05, 0) is 52.0 Å². The van der Waals surface area contributed by atoms with E-state index in [0.717, 1.165) is 18.9 Å². The zero-order valence-electron chi connectivity index (χ0n) is 11.1. The first-order chi connectivity index (χ1) is 7.44. The van der Waals surface area contributed by atoms with Crippen molar-refractivity contribution in [1.29, 1.82) is 0 Å². The second kappa shape index (κ2) is 5.99. The van der Waals surface area contributed by atoms with Gasteiger partial charge in [0.1, 0.15) is 0 Å². The molecule has 0 aromatic carbocycles. The van der Waals surface area contributed by atoms with E-state index < -0.39 is 5.60 Å². The van der Waals surface area contributed by atoms with Gasteiger partial charge in [0.15, 0.2) is 0 Å². The third-order valence-electron chi connectivity index (χ3n) is 4.05. The lowest BCUT2D eigenvalue weighted by Crippen LogP contribution is -2.41. The molecule has 0 spiro atoms. The van der Waals surface area contributed by atoms with E-state index in [9.17, 15) is 5.11 Å². The topological polar surface area (TPSA) is 49.5 Å². The molecule has 1 aliphatic carbocycles. The third-order valence-corrected chi connectivity index (χ3v) is 4.05. The number of aliphatic hydroxyl groups is 1. The zero-order valence-corrected chi connectivity index (χ0v) is 11.1. The quantitative estimate of drug-likeness (QED) is 0.751. The summed E-state index contributed by atoms with van der Waals surface area (Å²) >= 11 is 0. The Kier molecular flexibility index (Phi) is 5.22. The van der Waals surface area contributed by atoms with Crippen LogP contribution < -0.4 is 5.73 Å². The van der Waals surface area contributed by atoms with Gasteiger partial charge in [0.2, 0.25) is 0 Å². The zero-order chi connectivity index (χ0) is 12.2. The van der Waals surface area contributed by atoms with Gasteiger partial charge in [-0.25, -0.2) is 0 Å². The molecule has 1 fully saturated rings. The Morgan fingerprint density at radius 3 is 2.38 bits per heavy atom. The van der Waals surface area contributed by atoms with Gasteiger partial charge in [-0.1, -0.05) is 6.92 Å². The normalized spacial score (nSPS) is 30.4.